The molecule has 3 rings (SSSR count). The van der Waals surface area contributed by atoms with Crippen LogP contribution in [0.4, 0.5) is 5.82 Å². The molecular formula is C15H12N4O3. The molecule has 7 nitrogen and oxygen atoms in total. The third-order valence-corrected chi connectivity index (χ3v) is 3.09. The second-order valence-corrected chi connectivity index (χ2v) is 4.54. The maximum atomic E-state index is 11.1. The van der Waals surface area contributed by atoms with E-state index in [1.165, 1.54) is 13.2 Å². The molecule has 0 aliphatic rings. The predicted molar refractivity (Wildman–Crippen MR) is 80.7 cm³/mol. The van der Waals surface area contributed by atoms with E-state index in [9.17, 15) is 4.79 Å². The number of rotatable bonds is 3. The number of para-hydroxylation sites is 1. The number of ether oxygens (including phenoxy) is 1. The molecule has 0 radical (unpaired) electrons. The molecule has 0 saturated heterocycles. The monoisotopic (exact) mass is 296 g/mol. The van der Waals surface area contributed by atoms with Crippen LogP contribution in [0.1, 0.15) is 10.5 Å². The Morgan fingerprint density at radius 2 is 1.95 bits per heavy atom. The van der Waals surface area contributed by atoms with Crippen molar-refractivity contribution in [2.24, 2.45) is 0 Å². The molecule has 0 amide bonds. The number of nitrogens with two attached hydrogens (primary N) is 1. The number of methoxy groups -OCH3 is 1. The number of aromatic carboxylic acids is 1. The number of hydrogen-bond acceptors (Lipinski definition) is 6. The Hall–Kier alpha value is -3.22. The van der Waals surface area contributed by atoms with Gasteiger partial charge in [-0.25, -0.2) is 19.7 Å². The highest BCUT2D eigenvalue weighted by atomic mass is 16.5. The van der Waals surface area contributed by atoms with E-state index in [-0.39, 0.29) is 17.3 Å². The Bertz CT molecular complexity index is 880. The van der Waals surface area contributed by atoms with Gasteiger partial charge in [0.25, 0.3) is 0 Å². The third kappa shape index (κ3) is 2.39. The quantitative estimate of drug-likeness (QED) is 0.760. The molecular weight excluding hydrogens is 284 g/mol. The molecule has 0 aliphatic heterocycles. The topological polar surface area (TPSA) is 111 Å². The summed E-state index contributed by atoms with van der Waals surface area (Å²) in [5.74, 6) is -0.645. The van der Waals surface area contributed by atoms with Crippen molar-refractivity contribution in [3.05, 3.63) is 42.1 Å². The first-order chi connectivity index (χ1) is 10.6. The number of pyridine rings is 1. The van der Waals surface area contributed by atoms with Gasteiger partial charge in [-0.2, -0.15) is 0 Å². The Labute approximate surface area is 125 Å². The first kappa shape index (κ1) is 13.7. The van der Waals surface area contributed by atoms with Crippen LogP contribution in [-0.2, 0) is 0 Å². The minimum Gasteiger partial charge on any atom is -0.480 e. The van der Waals surface area contributed by atoms with Crippen LogP contribution in [0.2, 0.25) is 0 Å². The maximum absolute atomic E-state index is 11.1. The summed E-state index contributed by atoms with van der Waals surface area (Å²) < 4.78 is 5.27. The molecule has 0 spiro atoms. The van der Waals surface area contributed by atoms with E-state index >= 15 is 0 Å². The zero-order chi connectivity index (χ0) is 15.7. The molecule has 0 bridgehead atoms. The number of anilines is 1. The van der Waals surface area contributed by atoms with Gasteiger partial charge in [0.05, 0.1) is 18.2 Å². The van der Waals surface area contributed by atoms with Crippen LogP contribution in [0, 0.1) is 0 Å². The molecule has 0 aliphatic carbocycles. The summed E-state index contributed by atoms with van der Waals surface area (Å²) in [6.45, 7) is 0. The van der Waals surface area contributed by atoms with E-state index in [1.54, 1.807) is 6.07 Å². The van der Waals surface area contributed by atoms with E-state index in [4.69, 9.17) is 15.6 Å². The van der Waals surface area contributed by atoms with Gasteiger partial charge in [0.15, 0.2) is 11.5 Å². The van der Waals surface area contributed by atoms with Gasteiger partial charge >= 0.3 is 5.97 Å². The van der Waals surface area contributed by atoms with Crippen LogP contribution in [0.3, 0.4) is 0 Å². The molecule has 0 saturated carbocycles. The minimum absolute atomic E-state index is 0.0672. The van der Waals surface area contributed by atoms with Crippen molar-refractivity contribution < 1.29 is 14.6 Å². The third-order valence-electron chi connectivity index (χ3n) is 3.09. The van der Waals surface area contributed by atoms with Crippen molar-refractivity contribution in [1.29, 1.82) is 0 Å². The van der Waals surface area contributed by atoms with Crippen LogP contribution in [0.25, 0.3) is 22.3 Å². The molecule has 22 heavy (non-hydrogen) atoms. The zero-order valence-electron chi connectivity index (χ0n) is 11.6. The summed E-state index contributed by atoms with van der Waals surface area (Å²) in [6, 6.07) is 10.5. The molecule has 3 aromatic rings. The highest BCUT2D eigenvalue weighted by molar-refractivity contribution is 5.88. The van der Waals surface area contributed by atoms with Crippen molar-refractivity contribution in [1.82, 2.24) is 15.0 Å². The zero-order valence-corrected chi connectivity index (χ0v) is 11.6. The number of nitrogen functional groups attached to an aromatic ring is 1. The smallest absolute Gasteiger partial charge is 0.354 e. The summed E-state index contributed by atoms with van der Waals surface area (Å²) in [7, 11) is 1.48. The standard InChI is InChI=1S/C15H12N4O3/c1-22-14-9(6-8-4-2-3-5-10(8)18-14)13-17-11(15(20)21)7-12(16)19-13/h2-7H,1H3,(H,20,21)(H2,16,17,19). The number of nitrogens with zero attached hydrogens (tertiary/aromatic N) is 3. The Balaban J connectivity index is 2.26. The summed E-state index contributed by atoms with van der Waals surface area (Å²) in [6.07, 6.45) is 0. The van der Waals surface area contributed by atoms with Crippen LogP contribution >= 0.6 is 0 Å². The average molecular weight is 296 g/mol. The largest absolute Gasteiger partial charge is 0.480 e. The second kappa shape index (κ2) is 5.28. The van der Waals surface area contributed by atoms with Crippen molar-refractivity contribution >= 4 is 22.7 Å². The molecule has 3 N–H and O–H groups in total. The molecule has 110 valence electrons. The lowest BCUT2D eigenvalue weighted by Gasteiger charge is -2.09. The minimum atomic E-state index is -1.18. The van der Waals surface area contributed by atoms with Gasteiger partial charge in [-0.1, -0.05) is 18.2 Å². The number of carboxylic acid groups (broad SMARTS) is 1. The number of benzene rings is 1. The number of hydrogen-bond donors (Lipinski definition) is 2. The number of carbonyl (C=O) groups is 1. The predicted octanol–water partition coefficient (Wildman–Crippen LogP) is 1.98. The van der Waals surface area contributed by atoms with Crippen LogP contribution in [0.15, 0.2) is 36.4 Å². The van der Waals surface area contributed by atoms with Gasteiger partial charge in [-0.05, 0) is 12.1 Å². The average Bonchev–Trinajstić information content (AvgIpc) is 2.52. The van der Waals surface area contributed by atoms with Gasteiger partial charge in [0.2, 0.25) is 5.88 Å². The van der Waals surface area contributed by atoms with Crippen LogP contribution < -0.4 is 10.5 Å². The number of carboxylic acids is 1. The Kier molecular flexibility index (Phi) is 3.30. The van der Waals surface area contributed by atoms with Gasteiger partial charge in [-0.3, -0.25) is 0 Å². The van der Waals surface area contributed by atoms with Crippen molar-refractivity contribution in [2.75, 3.05) is 12.8 Å². The van der Waals surface area contributed by atoms with Gasteiger partial charge in [-0.15, -0.1) is 0 Å². The number of aromatic nitrogens is 3. The lowest BCUT2D eigenvalue weighted by atomic mass is 10.1. The van der Waals surface area contributed by atoms with Gasteiger partial charge in [0, 0.05) is 11.5 Å². The van der Waals surface area contributed by atoms with Crippen LogP contribution in [-0.4, -0.2) is 33.1 Å². The summed E-state index contributed by atoms with van der Waals surface area (Å²) in [4.78, 5) is 23.6. The van der Waals surface area contributed by atoms with Crippen LogP contribution in [0.5, 0.6) is 5.88 Å². The SMILES string of the molecule is COc1nc2ccccc2cc1-c1nc(N)cc(C(=O)O)n1. The van der Waals surface area contributed by atoms with Gasteiger partial charge < -0.3 is 15.6 Å². The Morgan fingerprint density at radius 3 is 2.68 bits per heavy atom. The molecule has 7 heteroatoms. The fraction of sp³-hybridized carbons (Fsp3) is 0.0667. The molecule has 2 aromatic heterocycles. The van der Waals surface area contributed by atoms with Crippen molar-refractivity contribution in [3.8, 4) is 17.3 Å². The Morgan fingerprint density at radius 1 is 1.18 bits per heavy atom. The lowest BCUT2D eigenvalue weighted by Crippen LogP contribution is -2.06. The van der Waals surface area contributed by atoms with Crippen molar-refractivity contribution in [2.45, 2.75) is 0 Å². The fourth-order valence-electron chi connectivity index (χ4n) is 2.11. The highest BCUT2D eigenvalue weighted by Gasteiger charge is 2.16. The second-order valence-electron chi connectivity index (χ2n) is 4.54. The summed E-state index contributed by atoms with van der Waals surface area (Å²) in [5, 5.41) is 9.95. The highest BCUT2D eigenvalue weighted by Crippen LogP contribution is 2.29. The number of fused-ring (bicyclic) bond motifs is 1. The normalized spacial score (nSPS) is 10.6. The molecule has 1 aromatic carbocycles. The molecule has 0 fully saturated rings. The van der Waals surface area contributed by atoms with E-state index in [2.05, 4.69) is 15.0 Å². The molecule has 2 heterocycles. The maximum Gasteiger partial charge on any atom is 0.354 e. The van der Waals surface area contributed by atoms with E-state index in [1.807, 2.05) is 24.3 Å². The first-order valence-electron chi connectivity index (χ1n) is 6.40. The van der Waals surface area contributed by atoms with E-state index in [0.717, 1.165) is 10.9 Å². The molecule has 0 unspecified atom stereocenters. The summed E-state index contributed by atoms with van der Waals surface area (Å²) in [5.41, 5.74) is 6.72. The fourth-order valence-corrected chi connectivity index (χ4v) is 2.11. The first-order valence-corrected chi connectivity index (χ1v) is 6.40. The van der Waals surface area contributed by atoms with Crippen molar-refractivity contribution in [3.63, 3.8) is 0 Å². The summed E-state index contributed by atoms with van der Waals surface area (Å²) >= 11 is 0. The van der Waals surface area contributed by atoms with Gasteiger partial charge in [0.1, 0.15) is 5.82 Å². The van der Waals surface area contributed by atoms with E-state index in [0.29, 0.717) is 11.4 Å². The molecule has 0 atom stereocenters. The van der Waals surface area contributed by atoms with E-state index < -0.39 is 5.97 Å². The lowest BCUT2D eigenvalue weighted by molar-refractivity contribution is 0.0690.